The van der Waals surface area contributed by atoms with E-state index in [1.54, 1.807) is 30.5 Å². The van der Waals surface area contributed by atoms with Gasteiger partial charge >= 0.3 is 0 Å². The van der Waals surface area contributed by atoms with Crippen LogP contribution in [0.15, 0.2) is 84.2 Å². The number of anilines is 2. The number of aryl methyl sites for hydroxylation is 1. The Labute approximate surface area is 350 Å². The number of H-pyrrole nitrogens is 1. The smallest absolute Gasteiger partial charge is 0.297 e. The zero-order valence-electron chi connectivity index (χ0n) is 32.8. The van der Waals surface area contributed by atoms with E-state index in [-0.39, 0.29) is 38.7 Å². The van der Waals surface area contributed by atoms with E-state index >= 15 is 0 Å². The third-order valence-corrected chi connectivity index (χ3v) is 10.7. The van der Waals surface area contributed by atoms with Crippen LogP contribution in [-0.4, -0.2) is 37.2 Å². The van der Waals surface area contributed by atoms with Gasteiger partial charge in [-0.1, -0.05) is 144 Å². The minimum atomic E-state index is -0.747. The lowest BCUT2D eigenvalue weighted by molar-refractivity contribution is -0.122. The lowest BCUT2D eigenvalue weighted by Gasteiger charge is -2.18. The molecule has 0 fully saturated rings. The van der Waals surface area contributed by atoms with Gasteiger partial charge in [-0.3, -0.25) is 24.0 Å². The topological polar surface area (TPSA) is 123 Å². The fourth-order valence-corrected chi connectivity index (χ4v) is 7.79. The van der Waals surface area contributed by atoms with E-state index in [1.165, 1.54) is 112 Å². The number of halogens is 3. The van der Waals surface area contributed by atoms with E-state index in [0.29, 0.717) is 22.9 Å². The molecule has 3 N–H and O–H groups in total. The van der Waals surface area contributed by atoms with Crippen molar-refractivity contribution < 1.29 is 14.3 Å². The molecule has 0 aliphatic rings. The van der Waals surface area contributed by atoms with E-state index < -0.39 is 17.6 Å². The van der Waals surface area contributed by atoms with Crippen LogP contribution in [0.25, 0.3) is 11.4 Å². The highest BCUT2D eigenvalue weighted by Crippen LogP contribution is 2.32. The molecular weight excluding hydrogens is 783 g/mol. The third kappa shape index (κ3) is 12.7. The predicted molar refractivity (Wildman–Crippen MR) is 232 cm³/mol. The molecule has 5 aromatic rings. The highest BCUT2D eigenvalue weighted by molar-refractivity contribution is 6.40. The number of carbonyl (C=O) groups excluding carboxylic acids is 2. The average Bonchev–Trinajstić information content (AvgIpc) is 3.83. The molecule has 304 valence electrons. The molecule has 1 atom stereocenters. The highest BCUT2D eigenvalue weighted by Gasteiger charge is 2.23. The number of unbranched alkanes of at least 4 members (excludes halogenated alkanes) is 12. The molecule has 0 aliphatic carbocycles. The van der Waals surface area contributed by atoms with Crippen molar-refractivity contribution in [2.45, 2.75) is 116 Å². The Hall–Kier alpha value is -4.51. The molecule has 2 heterocycles. The molecule has 0 spiro atoms. The van der Waals surface area contributed by atoms with Crippen LogP contribution in [0.2, 0.25) is 15.1 Å². The van der Waals surface area contributed by atoms with E-state index in [4.69, 9.17) is 39.5 Å². The van der Waals surface area contributed by atoms with Crippen molar-refractivity contribution in [1.82, 2.24) is 19.3 Å². The van der Waals surface area contributed by atoms with Crippen LogP contribution in [0.1, 0.15) is 120 Å². The standard InChI is InChI=1S/C44H53Cl3N6O4/c1-3-5-6-7-8-9-10-11-12-13-14-15-16-19-31-20-17-23-35(26-31)57-38(4-2)43(55)49-34-22-18-21-32(27-34)42(54)50-41-40(52-25-24-48-30-52)44(56)53(51-41)39-36(46)28-33(45)29-37(39)47/h17-18,20-30,38,51H,3-16,19H2,1-2H3,(H,49,55)(H,50,54). The number of nitrogens with zero attached hydrogens (tertiary/aromatic N) is 3. The van der Waals surface area contributed by atoms with Crippen molar-refractivity contribution in [3.63, 3.8) is 0 Å². The van der Waals surface area contributed by atoms with Gasteiger partial charge in [0.1, 0.15) is 11.4 Å². The second-order valence-electron chi connectivity index (χ2n) is 14.3. The number of ether oxygens (including phenoxy) is 1. The highest BCUT2D eigenvalue weighted by atomic mass is 35.5. The quantitative estimate of drug-likeness (QED) is 0.0566. The molecule has 2 aromatic heterocycles. The summed E-state index contributed by atoms with van der Waals surface area (Å²) in [6.07, 6.45) is 22.4. The normalized spacial score (nSPS) is 11.7. The number of aromatic amines is 1. The van der Waals surface area contributed by atoms with Gasteiger partial charge in [-0.2, -0.15) is 0 Å². The SMILES string of the molecule is CCCCCCCCCCCCCCCc1cccc(OC(CC)C(=O)Nc2cccc(C(=O)Nc3[nH]n(-c4c(Cl)cc(Cl)cc4Cl)c(=O)c3-n3ccnc3)c2)c1. The Morgan fingerprint density at radius 3 is 2.07 bits per heavy atom. The number of rotatable bonds is 23. The Kier molecular flexibility index (Phi) is 17.2. The summed E-state index contributed by atoms with van der Waals surface area (Å²) in [7, 11) is 0. The van der Waals surface area contributed by atoms with Crippen LogP contribution in [0.3, 0.4) is 0 Å². The molecular formula is C44H53Cl3N6O4. The van der Waals surface area contributed by atoms with Gasteiger partial charge in [0, 0.05) is 28.7 Å². The molecule has 0 saturated carbocycles. The van der Waals surface area contributed by atoms with Crippen molar-refractivity contribution in [3.8, 4) is 17.1 Å². The molecule has 0 saturated heterocycles. The summed E-state index contributed by atoms with van der Waals surface area (Å²) in [5, 5.41) is 9.13. The van der Waals surface area contributed by atoms with Gasteiger partial charge in [0.15, 0.2) is 17.6 Å². The largest absolute Gasteiger partial charge is 0.481 e. The zero-order valence-corrected chi connectivity index (χ0v) is 35.1. The van der Waals surface area contributed by atoms with Crippen molar-refractivity contribution >= 4 is 58.1 Å². The van der Waals surface area contributed by atoms with Gasteiger partial charge in [-0.25, -0.2) is 9.67 Å². The van der Waals surface area contributed by atoms with Crippen LogP contribution in [0.4, 0.5) is 11.5 Å². The van der Waals surface area contributed by atoms with Crippen LogP contribution in [0.5, 0.6) is 5.75 Å². The summed E-state index contributed by atoms with van der Waals surface area (Å²) < 4.78 is 8.76. The summed E-state index contributed by atoms with van der Waals surface area (Å²) in [5.41, 5.74) is 1.52. The fraction of sp³-hybridized carbons (Fsp3) is 0.409. The Morgan fingerprint density at radius 2 is 1.44 bits per heavy atom. The van der Waals surface area contributed by atoms with Crippen LogP contribution >= 0.6 is 34.8 Å². The number of hydrogen-bond acceptors (Lipinski definition) is 5. The molecule has 57 heavy (non-hydrogen) atoms. The Morgan fingerprint density at radius 1 is 0.789 bits per heavy atom. The number of benzene rings is 3. The second-order valence-corrected chi connectivity index (χ2v) is 15.6. The van der Waals surface area contributed by atoms with Crippen LogP contribution < -0.4 is 20.9 Å². The van der Waals surface area contributed by atoms with Crippen LogP contribution in [0, 0.1) is 0 Å². The lowest BCUT2D eigenvalue weighted by Crippen LogP contribution is -2.32. The van der Waals surface area contributed by atoms with E-state index in [0.717, 1.165) is 17.5 Å². The zero-order chi connectivity index (χ0) is 40.6. The van der Waals surface area contributed by atoms with Gasteiger partial charge in [-0.15, -0.1) is 0 Å². The number of aromatic nitrogens is 4. The molecule has 5 rings (SSSR count). The average molecular weight is 836 g/mol. The third-order valence-electron chi connectivity index (χ3n) is 9.87. The molecule has 3 aromatic carbocycles. The van der Waals surface area contributed by atoms with Gasteiger partial charge in [-0.05, 0) is 67.3 Å². The van der Waals surface area contributed by atoms with E-state index in [1.807, 2.05) is 25.1 Å². The number of hydrogen-bond donors (Lipinski definition) is 3. The van der Waals surface area contributed by atoms with Crippen molar-refractivity contribution in [2.75, 3.05) is 10.6 Å². The molecule has 2 amide bonds. The first-order valence-corrected chi connectivity index (χ1v) is 21.3. The molecule has 1 unspecified atom stereocenters. The number of nitrogens with one attached hydrogen (secondary N) is 3. The molecule has 10 nitrogen and oxygen atoms in total. The maximum Gasteiger partial charge on any atom is 0.297 e. The maximum absolute atomic E-state index is 13.7. The first-order valence-electron chi connectivity index (χ1n) is 20.1. The van der Waals surface area contributed by atoms with E-state index in [9.17, 15) is 14.4 Å². The summed E-state index contributed by atoms with van der Waals surface area (Å²) in [6, 6.07) is 17.4. The fourth-order valence-electron chi connectivity index (χ4n) is 6.81. The first kappa shape index (κ1) is 43.6. The number of carbonyl (C=O) groups is 2. The minimum absolute atomic E-state index is 0.0651. The Balaban J connectivity index is 1.14. The Bertz CT molecular complexity index is 2090. The van der Waals surface area contributed by atoms with Gasteiger partial charge in [0.2, 0.25) is 0 Å². The van der Waals surface area contributed by atoms with Gasteiger partial charge in [0.05, 0.1) is 16.4 Å². The lowest BCUT2D eigenvalue weighted by atomic mass is 10.0. The summed E-state index contributed by atoms with van der Waals surface area (Å²) in [5.74, 6) is -0.168. The molecule has 0 aliphatic heterocycles. The van der Waals surface area contributed by atoms with Crippen LogP contribution in [-0.2, 0) is 11.2 Å². The molecule has 13 heteroatoms. The van der Waals surface area contributed by atoms with Crippen molar-refractivity contribution in [1.29, 1.82) is 0 Å². The summed E-state index contributed by atoms with van der Waals surface area (Å²) in [4.78, 5) is 44.7. The minimum Gasteiger partial charge on any atom is -0.481 e. The van der Waals surface area contributed by atoms with E-state index in [2.05, 4.69) is 33.7 Å². The monoisotopic (exact) mass is 834 g/mol. The van der Waals surface area contributed by atoms with Gasteiger partial charge < -0.3 is 15.4 Å². The first-order chi connectivity index (χ1) is 27.7. The number of amides is 2. The van der Waals surface area contributed by atoms with Crippen molar-refractivity contribution in [2.24, 2.45) is 0 Å². The predicted octanol–water partition coefficient (Wildman–Crippen LogP) is 12.0. The maximum atomic E-state index is 13.7. The second kappa shape index (κ2) is 22.4. The van der Waals surface area contributed by atoms with Crippen molar-refractivity contribution in [3.05, 3.63) is 116 Å². The summed E-state index contributed by atoms with van der Waals surface area (Å²) >= 11 is 19.0. The van der Waals surface area contributed by atoms with Gasteiger partial charge in [0.25, 0.3) is 17.4 Å². The summed E-state index contributed by atoms with van der Waals surface area (Å²) in [6.45, 7) is 4.15. The molecule has 0 radical (unpaired) electrons. The number of imidazole rings is 1. The molecule has 0 bridgehead atoms.